The van der Waals surface area contributed by atoms with Gasteiger partial charge in [0, 0.05) is 23.4 Å². The van der Waals surface area contributed by atoms with Gasteiger partial charge in [0.1, 0.15) is 5.69 Å². The summed E-state index contributed by atoms with van der Waals surface area (Å²) in [7, 11) is 1.08. The molecular formula is C19H13F5N2O3. The second kappa shape index (κ2) is 7.53. The van der Waals surface area contributed by atoms with E-state index in [1.807, 2.05) is 0 Å². The first-order valence-corrected chi connectivity index (χ1v) is 8.08. The van der Waals surface area contributed by atoms with Crippen molar-refractivity contribution in [1.82, 2.24) is 9.97 Å². The Morgan fingerprint density at radius 3 is 2.41 bits per heavy atom. The number of nitrogens with one attached hydrogen (secondary N) is 1. The van der Waals surface area contributed by atoms with Crippen LogP contribution in [-0.2, 0) is 6.18 Å². The molecule has 0 spiro atoms. The number of H-pyrrole nitrogens is 1. The van der Waals surface area contributed by atoms with E-state index in [1.165, 1.54) is 6.07 Å². The number of hydrogen-bond donors (Lipinski definition) is 1. The van der Waals surface area contributed by atoms with Gasteiger partial charge < -0.3 is 14.5 Å². The Morgan fingerprint density at radius 2 is 1.79 bits per heavy atom. The van der Waals surface area contributed by atoms with Gasteiger partial charge in [-0.2, -0.15) is 17.6 Å². The highest BCUT2D eigenvalue weighted by Crippen LogP contribution is 2.40. The maximum absolute atomic E-state index is 13.9. The first-order chi connectivity index (χ1) is 13.6. The Balaban J connectivity index is 2.19. The van der Waals surface area contributed by atoms with Crippen LogP contribution in [0.4, 0.5) is 22.0 Å². The SMILES string of the molecule is COc1c(Oc2cnc(C(F)(F)F)cc2-c2cc(=O)cc(C)[nH]2)ccc(F)c1F. The molecule has 5 nitrogen and oxygen atoms in total. The zero-order valence-corrected chi connectivity index (χ0v) is 15.0. The molecule has 3 rings (SSSR count). The van der Waals surface area contributed by atoms with E-state index in [9.17, 15) is 26.7 Å². The third kappa shape index (κ3) is 4.20. The van der Waals surface area contributed by atoms with Gasteiger partial charge in [-0.25, -0.2) is 9.37 Å². The van der Waals surface area contributed by atoms with Crippen molar-refractivity contribution in [2.75, 3.05) is 7.11 Å². The van der Waals surface area contributed by atoms with E-state index >= 15 is 0 Å². The summed E-state index contributed by atoms with van der Waals surface area (Å²) in [5.41, 5.74) is -1.40. The van der Waals surface area contributed by atoms with Gasteiger partial charge in [0.2, 0.25) is 11.6 Å². The van der Waals surface area contributed by atoms with Gasteiger partial charge in [-0.15, -0.1) is 0 Å². The van der Waals surface area contributed by atoms with Crippen LogP contribution in [0.3, 0.4) is 0 Å². The molecule has 29 heavy (non-hydrogen) atoms. The first-order valence-electron chi connectivity index (χ1n) is 8.08. The molecule has 0 radical (unpaired) electrons. The van der Waals surface area contributed by atoms with Gasteiger partial charge in [0.25, 0.3) is 0 Å². The molecule has 0 atom stereocenters. The highest BCUT2D eigenvalue weighted by atomic mass is 19.4. The largest absolute Gasteiger partial charge is 0.490 e. The molecule has 0 saturated heterocycles. The average molecular weight is 412 g/mol. The molecule has 0 amide bonds. The summed E-state index contributed by atoms with van der Waals surface area (Å²) in [4.78, 5) is 17.9. The molecule has 10 heteroatoms. The smallest absolute Gasteiger partial charge is 0.433 e. The molecule has 0 bridgehead atoms. The van der Waals surface area contributed by atoms with Crippen LogP contribution in [0.15, 0.2) is 41.3 Å². The van der Waals surface area contributed by atoms with Crippen LogP contribution < -0.4 is 14.9 Å². The Bertz CT molecular complexity index is 1130. The van der Waals surface area contributed by atoms with Crippen LogP contribution in [0.2, 0.25) is 0 Å². The monoisotopic (exact) mass is 412 g/mol. The Morgan fingerprint density at radius 1 is 1.07 bits per heavy atom. The fraction of sp³-hybridized carbons (Fsp3) is 0.158. The van der Waals surface area contributed by atoms with E-state index < -0.39 is 34.7 Å². The molecular weight excluding hydrogens is 399 g/mol. The lowest BCUT2D eigenvalue weighted by Gasteiger charge is -2.16. The van der Waals surface area contributed by atoms with Crippen LogP contribution in [0, 0.1) is 18.6 Å². The highest BCUT2D eigenvalue weighted by molar-refractivity contribution is 5.68. The minimum Gasteiger partial charge on any atom is -0.490 e. The summed E-state index contributed by atoms with van der Waals surface area (Å²) < 4.78 is 77.0. The molecule has 0 aliphatic rings. The van der Waals surface area contributed by atoms with Crippen LogP contribution in [0.5, 0.6) is 17.2 Å². The van der Waals surface area contributed by atoms with E-state index in [4.69, 9.17) is 9.47 Å². The number of hydrogen-bond acceptors (Lipinski definition) is 4. The van der Waals surface area contributed by atoms with E-state index in [0.29, 0.717) is 11.8 Å². The molecule has 0 aliphatic carbocycles. The fourth-order valence-electron chi connectivity index (χ4n) is 2.62. The van der Waals surface area contributed by atoms with Crippen molar-refractivity contribution >= 4 is 0 Å². The minimum absolute atomic E-state index is 0.0273. The third-order valence-electron chi connectivity index (χ3n) is 3.86. The quantitative estimate of drug-likeness (QED) is 0.623. The summed E-state index contributed by atoms with van der Waals surface area (Å²) >= 11 is 0. The van der Waals surface area contributed by atoms with Crippen LogP contribution in [0.1, 0.15) is 11.4 Å². The van der Waals surface area contributed by atoms with Gasteiger partial charge in [0.15, 0.2) is 22.7 Å². The fourth-order valence-corrected chi connectivity index (χ4v) is 2.62. The first kappa shape index (κ1) is 20.3. The standard InChI is InChI=1S/C19H13F5N2O3/c1-9-5-10(27)6-13(26-9)11-7-16(19(22,23)24)25-8-15(11)29-14-4-3-12(20)17(21)18(14)28-2/h3-8H,1-2H3,(H,26,27). The molecule has 1 N–H and O–H groups in total. The predicted octanol–water partition coefficient (Wildman–Crippen LogP) is 4.84. The zero-order chi connectivity index (χ0) is 21.3. The van der Waals surface area contributed by atoms with E-state index in [0.717, 1.165) is 31.5 Å². The summed E-state index contributed by atoms with van der Waals surface area (Å²) in [6.07, 6.45) is -3.98. The number of halogens is 5. The number of rotatable bonds is 4. The number of aromatic nitrogens is 2. The van der Waals surface area contributed by atoms with Crippen LogP contribution >= 0.6 is 0 Å². The topological polar surface area (TPSA) is 64.2 Å². The predicted molar refractivity (Wildman–Crippen MR) is 93.0 cm³/mol. The van der Waals surface area contributed by atoms with Gasteiger partial charge in [-0.3, -0.25) is 4.79 Å². The number of nitrogens with zero attached hydrogens (tertiary/aromatic N) is 1. The Kier molecular flexibility index (Phi) is 5.27. The van der Waals surface area contributed by atoms with E-state index in [1.54, 1.807) is 6.92 Å². The normalized spacial score (nSPS) is 11.4. The number of pyridine rings is 2. The lowest BCUT2D eigenvalue weighted by Crippen LogP contribution is -2.09. The van der Waals surface area contributed by atoms with Crippen molar-refractivity contribution in [1.29, 1.82) is 0 Å². The molecule has 2 aromatic heterocycles. The molecule has 3 aromatic rings. The molecule has 0 aliphatic heterocycles. The average Bonchev–Trinajstić information content (AvgIpc) is 2.63. The van der Waals surface area contributed by atoms with Crippen LogP contribution in [0.25, 0.3) is 11.3 Å². The van der Waals surface area contributed by atoms with Crippen molar-refractivity contribution in [3.8, 4) is 28.5 Å². The maximum atomic E-state index is 13.9. The highest BCUT2D eigenvalue weighted by Gasteiger charge is 2.33. The van der Waals surface area contributed by atoms with Crippen molar-refractivity contribution < 1.29 is 31.4 Å². The maximum Gasteiger partial charge on any atom is 0.433 e. The molecule has 152 valence electrons. The summed E-state index contributed by atoms with van der Waals surface area (Å²) in [5.74, 6) is -3.61. The second-order valence-corrected chi connectivity index (χ2v) is 5.97. The summed E-state index contributed by atoms with van der Waals surface area (Å²) in [6, 6.07) is 4.86. The van der Waals surface area contributed by atoms with Gasteiger partial charge in [-0.05, 0) is 25.1 Å². The van der Waals surface area contributed by atoms with Crippen molar-refractivity contribution in [3.05, 3.63) is 69.8 Å². The van der Waals surface area contributed by atoms with E-state index in [2.05, 4.69) is 9.97 Å². The van der Waals surface area contributed by atoms with Gasteiger partial charge in [0.05, 0.1) is 19.0 Å². The van der Waals surface area contributed by atoms with Crippen LogP contribution in [-0.4, -0.2) is 17.1 Å². The van der Waals surface area contributed by atoms with Gasteiger partial charge >= 0.3 is 6.18 Å². The zero-order valence-electron chi connectivity index (χ0n) is 15.0. The number of methoxy groups -OCH3 is 1. The third-order valence-corrected chi connectivity index (χ3v) is 3.86. The van der Waals surface area contributed by atoms with Crippen molar-refractivity contribution in [2.45, 2.75) is 13.1 Å². The summed E-state index contributed by atoms with van der Waals surface area (Å²) in [5, 5.41) is 0. The molecule has 0 fully saturated rings. The van der Waals surface area contributed by atoms with Gasteiger partial charge in [-0.1, -0.05) is 0 Å². The number of aryl methyl sites for hydroxylation is 1. The molecule has 0 saturated carbocycles. The minimum atomic E-state index is -4.75. The molecule has 0 unspecified atom stereocenters. The van der Waals surface area contributed by atoms with Crippen molar-refractivity contribution in [3.63, 3.8) is 0 Å². The molecule has 2 heterocycles. The summed E-state index contributed by atoms with van der Waals surface area (Å²) in [6.45, 7) is 1.55. The Hall–Kier alpha value is -3.43. The molecule has 1 aromatic carbocycles. The number of ether oxygens (including phenoxy) is 2. The van der Waals surface area contributed by atoms with E-state index in [-0.39, 0.29) is 22.8 Å². The lowest BCUT2D eigenvalue weighted by molar-refractivity contribution is -0.141. The number of alkyl halides is 3. The number of aromatic amines is 1. The van der Waals surface area contributed by atoms with Crippen molar-refractivity contribution in [2.24, 2.45) is 0 Å². The lowest BCUT2D eigenvalue weighted by atomic mass is 10.1. The Labute approximate surface area is 160 Å². The number of benzene rings is 1. The second-order valence-electron chi connectivity index (χ2n) is 5.97.